The van der Waals surface area contributed by atoms with Gasteiger partial charge in [-0.05, 0) is 19.4 Å². The van der Waals surface area contributed by atoms with E-state index < -0.39 is 5.97 Å². The van der Waals surface area contributed by atoms with Crippen LogP contribution in [0.25, 0.3) is 0 Å². The third-order valence-corrected chi connectivity index (χ3v) is 2.75. The zero-order chi connectivity index (χ0) is 12.0. The third-order valence-electron chi connectivity index (χ3n) is 2.75. The predicted molar refractivity (Wildman–Crippen MR) is 60.0 cm³/mol. The van der Waals surface area contributed by atoms with E-state index >= 15 is 0 Å². The normalized spacial score (nSPS) is 22.2. The molecule has 0 bridgehead atoms. The Hall–Kier alpha value is -1.36. The van der Waals surface area contributed by atoms with Crippen molar-refractivity contribution in [1.29, 1.82) is 0 Å². The highest BCUT2D eigenvalue weighted by molar-refractivity contribution is 5.79. The Morgan fingerprint density at radius 3 is 2.94 bits per heavy atom. The summed E-state index contributed by atoms with van der Waals surface area (Å²) >= 11 is 0. The van der Waals surface area contributed by atoms with Crippen LogP contribution in [-0.2, 0) is 9.59 Å². The minimum atomic E-state index is -0.931. The van der Waals surface area contributed by atoms with Crippen LogP contribution < -0.4 is 5.32 Å². The molecule has 1 rings (SSSR count). The fraction of sp³-hybridized carbons (Fsp3) is 0.636. The molecule has 1 amide bonds. The summed E-state index contributed by atoms with van der Waals surface area (Å²) < 4.78 is 0. The number of carbonyl (C=O) groups is 2. The Kier molecular flexibility index (Phi) is 4.98. The van der Waals surface area contributed by atoms with Gasteiger partial charge in [0.05, 0.1) is 5.92 Å². The molecule has 0 aromatic rings. The second-order valence-corrected chi connectivity index (χ2v) is 3.95. The van der Waals surface area contributed by atoms with Crippen molar-refractivity contribution in [1.82, 2.24) is 10.2 Å². The highest BCUT2D eigenvalue weighted by Crippen LogP contribution is 2.16. The van der Waals surface area contributed by atoms with Crippen molar-refractivity contribution in [3.63, 3.8) is 0 Å². The summed E-state index contributed by atoms with van der Waals surface area (Å²) in [6, 6.07) is 0. The van der Waals surface area contributed by atoms with Crippen LogP contribution in [0.4, 0.5) is 0 Å². The van der Waals surface area contributed by atoms with Crippen LogP contribution in [0.15, 0.2) is 12.2 Å². The van der Waals surface area contributed by atoms with Gasteiger partial charge in [0, 0.05) is 26.2 Å². The summed E-state index contributed by atoms with van der Waals surface area (Å²) in [7, 11) is 1.64. The summed E-state index contributed by atoms with van der Waals surface area (Å²) in [6.45, 7) is 2.24. The van der Waals surface area contributed by atoms with Gasteiger partial charge in [-0.15, -0.1) is 0 Å². The van der Waals surface area contributed by atoms with Crippen LogP contribution in [-0.4, -0.2) is 48.6 Å². The van der Waals surface area contributed by atoms with Crippen LogP contribution in [0.2, 0.25) is 0 Å². The number of hydrogen-bond acceptors (Lipinski definition) is 3. The molecule has 1 unspecified atom stereocenters. The Bertz CT molecular complexity index is 289. The first-order chi connectivity index (χ1) is 7.63. The number of hydrogen-bond donors (Lipinski definition) is 2. The smallest absolute Gasteiger partial charge is 0.328 e. The highest BCUT2D eigenvalue weighted by Gasteiger charge is 2.24. The van der Waals surface area contributed by atoms with Crippen LogP contribution in [0, 0.1) is 5.92 Å². The zero-order valence-electron chi connectivity index (χ0n) is 9.48. The number of piperidine rings is 1. The van der Waals surface area contributed by atoms with Gasteiger partial charge < -0.3 is 10.4 Å². The van der Waals surface area contributed by atoms with E-state index in [1.54, 1.807) is 13.1 Å². The molecule has 0 radical (unpaired) electrons. The lowest BCUT2D eigenvalue weighted by atomic mass is 9.97. The molecule has 0 aromatic carbocycles. The van der Waals surface area contributed by atoms with E-state index in [2.05, 4.69) is 10.2 Å². The number of carbonyl (C=O) groups excluding carboxylic acids is 1. The monoisotopic (exact) mass is 226 g/mol. The minimum absolute atomic E-state index is 0.0389. The molecule has 0 aromatic heterocycles. The van der Waals surface area contributed by atoms with Crippen LogP contribution in [0.3, 0.4) is 0 Å². The second-order valence-electron chi connectivity index (χ2n) is 3.95. The van der Waals surface area contributed by atoms with Gasteiger partial charge in [-0.2, -0.15) is 0 Å². The van der Waals surface area contributed by atoms with E-state index in [0.717, 1.165) is 25.5 Å². The molecule has 1 aliphatic rings. The first-order valence-corrected chi connectivity index (χ1v) is 5.47. The Labute approximate surface area is 95.1 Å². The predicted octanol–water partition coefficient (Wildman–Crippen LogP) is 0.0852. The summed E-state index contributed by atoms with van der Waals surface area (Å²) in [5, 5.41) is 11.1. The first-order valence-electron chi connectivity index (χ1n) is 5.47. The van der Waals surface area contributed by atoms with E-state index in [-0.39, 0.29) is 11.8 Å². The SMILES string of the molecule is CNC(=O)C1CCCN(C/C=C/C(=O)O)C1. The van der Waals surface area contributed by atoms with Gasteiger partial charge in [0.1, 0.15) is 0 Å². The molecule has 5 nitrogen and oxygen atoms in total. The number of aliphatic carboxylic acids is 1. The molecule has 1 aliphatic heterocycles. The fourth-order valence-corrected chi connectivity index (χ4v) is 1.94. The summed E-state index contributed by atoms with van der Waals surface area (Å²) in [6.07, 6.45) is 4.66. The van der Waals surface area contributed by atoms with Crippen molar-refractivity contribution in [3.05, 3.63) is 12.2 Å². The number of likely N-dealkylation sites (tertiary alicyclic amines) is 1. The molecule has 16 heavy (non-hydrogen) atoms. The summed E-state index contributed by atoms with van der Waals surface area (Å²) in [4.78, 5) is 23.8. The van der Waals surface area contributed by atoms with Gasteiger partial charge in [-0.3, -0.25) is 9.69 Å². The molecule has 0 saturated carbocycles. The molecule has 1 heterocycles. The topological polar surface area (TPSA) is 69.6 Å². The number of amides is 1. The average molecular weight is 226 g/mol. The van der Waals surface area contributed by atoms with Gasteiger partial charge >= 0.3 is 5.97 Å². The van der Waals surface area contributed by atoms with Gasteiger partial charge in [0.15, 0.2) is 0 Å². The number of nitrogens with one attached hydrogen (secondary N) is 1. The molecule has 2 N–H and O–H groups in total. The van der Waals surface area contributed by atoms with Crippen LogP contribution >= 0.6 is 0 Å². The van der Waals surface area contributed by atoms with Gasteiger partial charge in [-0.25, -0.2) is 4.79 Å². The molecular formula is C11H18N2O3. The van der Waals surface area contributed by atoms with Crippen LogP contribution in [0.1, 0.15) is 12.8 Å². The van der Waals surface area contributed by atoms with Crippen molar-refractivity contribution in [2.24, 2.45) is 5.92 Å². The van der Waals surface area contributed by atoms with E-state index in [9.17, 15) is 9.59 Å². The summed E-state index contributed by atoms with van der Waals surface area (Å²) in [5.74, 6) is -0.816. The standard InChI is InChI=1S/C11H18N2O3/c1-12-11(16)9-4-2-6-13(8-9)7-3-5-10(14)15/h3,5,9H,2,4,6-8H2,1H3,(H,12,16)(H,14,15)/b5-3+. The maximum Gasteiger partial charge on any atom is 0.328 e. The number of carboxylic acid groups (broad SMARTS) is 1. The molecule has 5 heteroatoms. The van der Waals surface area contributed by atoms with Gasteiger partial charge in [0.25, 0.3) is 0 Å². The van der Waals surface area contributed by atoms with Crippen molar-refractivity contribution in [3.8, 4) is 0 Å². The first kappa shape index (κ1) is 12.7. The maximum atomic E-state index is 11.4. The zero-order valence-corrected chi connectivity index (χ0v) is 9.48. The van der Waals surface area contributed by atoms with E-state index in [1.165, 1.54) is 0 Å². The number of carboxylic acids is 1. The number of rotatable bonds is 4. The second kappa shape index (κ2) is 6.27. The summed E-state index contributed by atoms with van der Waals surface area (Å²) in [5.41, 5.74) is 0. The Balaban J connectivity index is 2.38. The lowest BCUT2D eigenvalue weighted by Gasteiger charge is -2.30. The molecule has 90 valence electrons. The van der Waals surface area contributed by atoms with E-state index in [4.69, 9.17) is 5.11 Å². The van der Waals surface area contributed by atoms with E-state index in [1.807, 2.05) is 0 Å². The van der Waals surface area contributed by atoms with Crippen molar-refractivity contribution in [2.75, 3.05) is 26.7 Å². The van der Waals surface area contributed by atoms with Crippen molar-refractivity contribution < 1.29 is 14.7 Å². The van der Waals surface area contributed by atoms with Crippen molar-refractivity contribution >= 4 is 11.9 Å². The molecule has 1 saturated heterocycles. The van der Waals surface area contributed by atoms with Crippen molar-refractivity contribution in [2.45, 2.75) is 12.8 Å². The molecular weight excluding hydrogens is 208 g/mol. The quantitative estimate of drug-likeness (QED) is 0.666. The van der Waals surface area contributed by atoms with E-state index in [0.29, 0.717) is 13.1 Å². The largest absolute Gasteiger partial charge is 0.478 e. The van der Waals surface area contributed by atoms with Gasteiger partial charge in [0.2, 0.25) is 5.91 Å². The lowest BCUT2D eigenvalue weighted by Crippen LogP contribution is -2.42. The highest BCUT2D eigenvalue weighted by atomic mass is 16.4. The molecule has 0 spiro atoms. The third kappa shape index (κ3) is 4.02. The lowest BCUT2D eigenvalue weighted by molar-refractivity contribution is -0.131. The average Bonchev–Trinajstić information content (AvgIpc) is 2.28. The number of nitrogens with zero attached hydrogens (tertiary/aromatic N) is 1. The van der Waals surface area contributed by atoms with Gasteiger partial charge in [-0.1, -0.05) is 6.08 Å². The fourth-order valence-electron chi connectivity index (χ4n) is 1.94. The maximum absolute atomic E-state index is 11.4. The molecule has 1 atom stereocenters. The Morgan fingerprint density at radius 2 is 2.31 bits per heavy atom. The molecule has 1 fully saturated rings. The molecule has 0 aliphatic carbocycles. The minimum Gasteiger partial charge on any atom is -0.478 e. The van der Waals surface area contributed by atoms with Crippen LogP contribution in [0.5, 0.6) is 0 Å². The Morgan fingerprint density at radius 1 is 1.56 bits per heavy atom.